The van der Waals surface area contributed by atoms with Crippen LogP contribution in [-0.4, -0.2) is 47.2 Å². The van der Waals surface area contributed by atoms with Crippen LogP contribution in [0.2, 0.25) is 0 Å². The van der Waals surface area contributed by atoms with Gasteiger partial charge < -0.3 is 9.30 Å². The molecule has 0 amide bonds. The predicted octanol–water partition coefficient (Wildman–Crippen LogP) is 3.60. The van der Waals surface area contributed by atoms with Crippen molar-refractivity contribution >= 4 is 21.8 Å². The zero-order chi connectivity index (χ0) is 25.0. The Kier molecular flexibility index (Phi) is 7.68. The van der Waals surface area contributed by atoms with E-state index in [1.807, 2.05) is 6.92 Å². The number of pyridine rings is 1. The van der Waals surface area contributed by atoms with Gasteiger partial charge in [0.1, 0.15) is 5.69 Å². The smallest absolute Gasteiger partial charge is 0.355 e. The maximum Gasteiger partial charge on any atom is 0.355 e. The van der Waals surface area contributed by atoms with Crippen molar-refractivity contribution in [1.29, 1.82) is 0 Å². The molecule has 9 heteroatoms. The van der Waals surface area contributed by atoms with Gasteiger partial charge in [-0.25, -0.2) is 13.2 Å². The molecule has 0 radical (unpaired) electrons. The number of carbonyl (C=O) groups is 2. The number of rotatable bonds is 9. The van der Waals surface area contributed by atoms with E-state index in [-0.39, 0.29) is 30.3 Å². The second kappa shape index (κ2) is 10.3. The van der Waals surface area contributed by atoms with Crippen molar-refractivity contribution < 1.29 is 22.7 Å². The SMILES string of the molecule is CCOC(=O)c1c(C)c(C(=O)CN(Cc2cccnc2)S(=O)(=O)c2ccc(C)cc2)c(C)n1C. The summed E-state index contributed by atoms with van der Waals surface area (Å²) in [6, 6.07) is 9.96. The van der Waals surface area contributed by atoms with Crippen molar-refractivity contribution in [1.82, 2.24) is 13.9 Å². The topological polar surface area (TPSA) is 98.6 Å². The third-order valence-electron chi connectivity index (χ3n) is 5.74. The first-order valence-electron chi connectivity index (χ1n) is 10.9. The van der Waals surface area contributed by atoms with Crippen molar-refractivity contribution in [2.24, 2.45) is 7.05 Å². The van der Waals surface area contributed by atoms with Crippen LogP contribution in [0.5, 0.6) is 0 Å². The first kappa shape index (κ1) is 25.3. The molecule has 2 heterocycles. The molecule has 0 N–H and O–H groups in total. The minimum absolute atomic E-state index is 0.0224. The van der Waals surface area contributed by atoms with Crippen LogP contribution in [0.1, 0.15) is 50.2 Å². The molecular weight excluding hydrogens is 454 g/mol. The monoisotopic (exact) mass is 483 g/mol. The fraction of sp³-hybridized carbons (Fsp3) is 0.320. The Balaban J connectivity index is 2.02. The van der Waals surface area contributed by atoms with Crippen LogP contribution < -0.4 is 0 Å². The Morgan fingerprint density at radius 2 is 1.76 bits per heavy atom. The molecule has 0 aliphatic carbocycles. The number of hydrogen-bond acceptors (Lipinski definition) is 6. The number of aryl methyl sites for hydroxylation is 1. The van der Waals surface area contributed by atoms with E-state index in [1.165, 1.54) is 12.1 Å². The summed E-state index contributed by atoms with van der Waals surface area (Å²) in [5.41, 5.74) is 3.22. The molecule has 0 spiro atoms. The van der Waals surface area contributed by atoms with Crippen LogP contribution in [0.3, 0.4) is 0 Å². The summed E-state index contributed by atoms with van der Waals surface area (Å²) in [6.45, 7) is 6.77. The molecule has 0 aliphatic rings. The number of nitrogens with zero attached hydrogens (tertiary/aromatic N) is 3. The van der Waals surface area contributed by atoms with Gasteiger partial charge in [-0.1, -0.05) is 23.8 Å². The second-order valence-corrected chi connectivity index (χ2v) is 10.0. The van der Waals surface area contributed by atoms with E-state index in [2.05, 4.69) is 4.98 Å². The van der Waals surface area contributed by atoms with Crippen LogP contribution in [0.4, 0.5) is 0 Å². The van der Waals surface area contributed by atoms with Gasteiger partial charge in [-0.05, 0) is 57.0 Å². The predicted molar refractivity (Wildman–Crippen MR) is 128 cm³/mol. The van der Waals surface area contributed by atoms with Crippen molar-refractivity contribution in [2.45, 2.75) is 39.1 Å². The van der Waals surface area contributed by atoms with E-state index < -0.39 is 21.8 Å². The average molecular weight is 484 g/mol. The molecule has 0 fully saturated rings. The molecule has 34 heavy (non-hydrogen) atoms. The van der Waals surface area contributed by atoms with Gasteiger partial charge in [-0.15, -0.1) is 0 Å². The van der Waals surface area contributed by atoms with E-state index in [0.29, 0.717) is 22.4 Å². The van der Waals surface area contributed by atoms with Gasteiger partial charge in [0.05, 0.1) is 18.0 Å². The van der Waals surface area contributed by atoms with Crippen LogP contribution in [0.25, 0.3) is 0 Å². The molecular formula is C25H29N3O5S. The molecule has 0 bridgehead atoms. The normalized spacial score (nSPS) is 11.6. The van der Waals surface area contributed by atoms with Gasteiger partial charge in [0.25, 0.3) is 0 Å². The van der Waals surface area contributed by atoms with Crippen molar-refractivity contribution in [2.75, 3.05) is 13.2 Å². The maximum absolute atomic E-state index is 13.5. The van der Waals surface area contributed by atoms with Crippen molar-refractivity contribution in [3.8, 4) is 0 Å². The Morgan fingerprint density at radius 3 is 2.35 bits per heavy atom. The van der Waals surface area contributed by atoms with Gasteiger partial charge >= 0.3 is 5.97 Å². The Bertz CT molecular complexity index is 1300. The molecule has 0 unspecified atom stereocenters. The Hall–Kier alpha value is -3.30. The molecule has 0 saturated carbocycles. The van der Waals surface area contributed by atoms with Gasteiger partial charge in [0.2, 0.25) is 10.0 Å². The van der Waals surface area contributed by atoms with Gasteiger partial charge in [-0.2, -0.15) is 4.31 Å². The minimum Gasteiger partial charge on any atom is -0.461 e. The summed E-state index contributed by atoms with van der Waals surface area (Å²) in [4.78, 5) is 30.1. The van der Waals surface area contributed by atoms with Gasteiger partial charge in [-0.3, -0.25) is 9.78 Å². The number of hydrogen-bond donors (Lipinski definition) is 0. The van der Waals surface area contributed by atoms with E-state index in [0.717, 1.165) is 9.87 Å². The maximum atomic E-state index is 13.5. The molecule has 3 aromatic rings. The number of benzene rings is 1. The minimum atomic E-state index is -3.99. The number of Topliss-reactive ketones (excluding diaryl/α,β-unsaturated/α-hetero) is 1. The summed E-state index contributed by atoms with van der Waals surface area (Å²) in [6.07, 6.45) is 3.17. The third kappa shape index (κ3) is 5.10. The first-order valence-corrected chi connectivity index (χ1v) is 12.3. The fourth-order valence-electron chi connectivity index (χ4n) is 3.90. The number of esters is 1. The number of ketones is 1. The van der Waals surface area contributed by atoms with Crippen LogP contribution >= 0.6 is 0 Å². The highest BCUT2D eigenvalue weighted by atomic mass is 32.2. The van der Waals surface area contributed by atoms with E-state index in [9.17, 15) is 18.0 Å². The number of carbonyl (C=O) groups excluding carboxylic acids is 2. The van der Waals surface area contributed by atoms with Crippen molar-refractivity contribution in [3.05, 3.63) is 82.4 Å². The highest BCUT2D eigenvalue weighted by Gasteiger charge is 2.31. The first-order chi connectivity index (χ1) is 16.1. The van der Waals surface area contributed by atoms with Crippen LogP contribution in [-0.2, 0) is 28.4 Å². The Morgan fingerprint density at radius 1 is 1.09 bits per heavy atom. The highest BCUT2D eigenvalue weighted by molar-refractivity contribution is 7.89. The second-order valence-electron chi connectivity index (χ2n) is 8.08. The largest absolute Gasteiger partial charge is 0.461 e. The highest BCUT2D eigenvalue weighted by Crippen LogP contribution is 2.25. The lowest BCUT2D eigenvalue weighted by atomic mass is 10.1. The molecule has 0 saturated heterocycles. The van der Waals surface area contributed by atoms with Gasteiger partial charge in [0, 0.05) is 37.2 Å². The van der Waals surface area contributed by atoms with E-state index in [1.54, 1.807) is 69.0 Å². The molecule has 3 rings (SSSR count). The quantitative estimate of drug-likeness (QED) is 0.341. The lowest BCUT2D eigenvalue weighted by molar-refractivity contribution is 0.0514. The third-order valence-corrected chi connectivity index (χ3v) is 7.54. The number of ether oxygens (including phenoxy) is 1. The van der Waals surface area contributed by atoms with Crippen molar-refractivity contribution in [3.63, 3.8) is 0 Å². The molecule has 2 aromatic heterocycles. The van der Waals surface area contributed by atoms with E-state index in [4.69, 9.17) is 4.74 Å². The number of aromatic nitrogens is 2. The molecule has 8 nitrogen and oxygen atoms in total. The zero-order valence-electron chi connectivity index (χ0n) is 20.0. The summed E-state index contributed by atoms with van der Waals surface area (Å²) in [5.74, 6) is -0.926. The van der Waals surface area contributed by atoms with Crippen LogP contribution in [0, 0.1) is 20.8 Å². The van der Waals surface area contributed by atoms with Gasteiger partial charge in [0.15, 0.2) is 5.78 Å². The lowest BCUT2D eigenvalue weighted by Crippen LogP contribution is -2.35. The standard InChI is InChI=1S/C25H29N3O5S/c1-6-33-25(30)24-18(3)23(19(4)27(24)5)22(29)16-28(15-20-8-7-13-26-14-20)34(31,32)21-11-9-17(2)10-12-21/h7-14H,6,15-16H2,1-5H3. The fourth-order valence-corrected chi connectivity index (χ4v) is 5.28. The molecule has 1 aromatic carbocycles. The summed E-state index contributed by atoms with van der Waals surface area (Å²) < 4.78 is 34.9. The summed E-state index contributed by atoms with van der Waals surface area (Å²) in [5, 5.41) is 0. The zero-order valence-corrected chi connectivity index (χ0v) is 20.8. The average Bonchev–Trinajstić information content (AvgIpc) is 3.02. The summed E-state index contributed by atoms with van der Waals surface area (Å²) in [7, 11) is -2.30. The van der Waals surface area contributed by atoms with E-state index >= 15 is 0 Å². The molecule has 180 valence electrons. The molecule has 0 atom stereocenters. The van der Waals surface area contributed by atoms with Crippen LogP contribution in [0.15, 0.2) is 53.7 Å². The lowest BCUT2D eigenvalue weighted by Gasteiger charge is -2.22. The molecule has 0 aliphatic heterocycles. The summed E-state index contributed by atoms with van der Waals surface area (Å²) >= 11 is 0. The Labute approximate surface area is 200 Å². The number of sulfonamides is 1.